The molecule has 0 spiro atoms. The summed E-state index contributed by atoms with van der Waals surface area (Å²) >= 11 is 0. The lowest BCUT2D eigenvalue weighted by Crippen LogP contribution is -2.50. The van der Waals surface area contributed by atoms with Crippen molar-refractivity contribution in [1.29, 1.82) is 0 Å². The van der Waals surface area contributed by atoms with Gasteiger partial charge in [-0.1, -0.05) is 13.3 Å². The van der Waals surface area contributed by atoms with Gasteiger partial charge >= 0.3 is 5.97 Å². The zero-order chi connectivity index (χ0) is 14.9. The Morgan fingerprint density at radius 1 is 1.60 bits per heavy atom. The molecule has 112 valence electrons. The van der Waals surface area contributed by atoms with Crippen molar-refractivity contribution in [1.82, 2.24) is 14.3 Å². The van der Waals surface area contributed by atoms with Crippen molar-refractivity contribution in [3.8, 4) is 0 Å². The number of rotatable bonds is 4. The number of nitrogens with one attached hydrogen (secondary N) is 1. The summed E-state index contributed by atoms with van der Waals surface area (Å²) in [6, 6.07) is -0.998. The number of nitrogens with zero attached hydrogens (tertiary/aromatic N) is 2. The van der Waals surface area contributed by atoms with Crippen LogP contribution in [0.5, 0.6) is 0 Å². The molecule has 0 aromatic carbocycles. The van der Waals surface area contributed by atoms with E-state index in [1.165, 1.54) is 6.20 Å². The maximum Gasteiger partial charge on any atom is 0.322 e. The summed E-state index contributed by atoms with van der Waals surface area (Å²) in [6.07, 6.45) is 3.14. The molecule has 1 aliphatic rings. The van der Waals surface area contributed by atoms with Gasteiger partial charge in [0, 0.05) is 6.54 Å². The first kappa shape index (κ1) is 15.0. The SMILES string of the molecule is CCC1CCN(S(=O)(=O)c2cnc(C)[nH]2)C(C(=O)O)C1. The van der Waals surface area contributed by atoms with E-state index in [0.29, 0.717) is 18.7 Å². The van der Waals surface area contributed by atoms with Crippen molar-refractivity contribution in [2.24, 2.45) is 5.92 Å². The number of aliphatic carboxylic acids is 1. The van der Waals surface area contributed by atoms with Crippen LogP contribution in [0.3, 0.4) is 0 Å². The number of carboxylic acids is 1. The number of aromatic amines is 1. The Bertz CT molecular complexity index is 596. The summed E-state index contributed by atoms with van der Waals surface area (Å²) in [6.45, 7) is 3.87. The smallest absolute Gasteiger partial charge is 0.322 e. The van der Waals surface area contributed by atoms with Crippen molar-refractivity contribution >= 4 is 16.0 Å². The molecule has 7 nitrogen and oxygen atoms in total. The van der Waals surface area contributed by atoms with Gasteiger partial charge in [0.1, 0.15) is 11.9 Å². The molecule has 20 heavy (non-hydrogen) atoms. The first-order valence-electron chi connectivity index (χ1n) is 6.62. The molecule has 0 radical (unpaired) electrons. The fourth-order valence-electron chi connectivity index (χ4n) is 2.56. The Balaban J connectivity index is 2.32. The Morgan fingerprint density at radius 2 is 2.30 bits per heavy atom. The molecular weight excluding hydrogens is 282 g/mol. The van der Waals surface area contributed by atoms with Crippen LogP contribution in [0, 0.1) is 12.8 Å². The molecule has 1 aromatic heterocycles. The van der Waals surface area contributed by atoms with Gasteiger partial charge in [0.2, 0.25) is 0 Å². The van der Waals surface area contributed by atoms with Crippen molar-refractivity contribution < 1.29 is 18.3 Å². The van der Waals surface area contributed by atoms with Crippen LogP contribution in [0.15, 0.2) is 11.2 Å². The number of aryl methyl sites for hydroxylation is 1. The lowest BCUT2D eigenvalue weighted by atomic mass is 9.90. The van der Waals surface area contributed by atoms with Gasteiger partial charge in [-0.25, -0.2) is 13.4 Å². The largest absolute Gasteiger partial charge is 0.480 e. The minimum atomic E-state index is -3.83. The van der Waals surface area contributed by atoms with Gasteiger partial charge in [-0.3, -0.25) is 4.79 Å². The first-order chi connectivity index (χ1) is 9.36. The fourth-order valence-corrected chi connectivity index (χ4v) is 4.13. The molecule has 0 saturated carbocycles. The molecule has 2 heterocycles. The summed E-state index contributed by atoms with van der Waals surface area (Å²) < 4.78 is 26.1. The standard InChI is InChI=1S/C12H19N3O4S/c1-3-9-4-5-15(10(6-9)12(16)17)20(18,19)11-7-13-8(2)14-11/h7,9-10H,3-6H2,1-2H3,(H,13,14)(H,16,17). The van der Waals surface area contributed by atoms with E-state index in [-0.39, 0.29) is 17.5 Å². The van der Waals surface area contributed by atoms with Crippen LogP contribution in [0.25, 0.3) is 0 Å². The molecule has 1 fully saturated rings. The molecule has 2 rings (SSSR count). The molecule has 8 heteroatoms. The molecule has 1 aliphatic heterocycles. The number of carbonyl (C=O) groups is 1. The summed E-state index contributed by atoms with van der Waals surface area (Å²) in [4.78, 5) is 17.9. The summed E-state index contributed by atoms with van der Waals surface area (Å²) in [5, 5.41) is 9.26. The van der Waals surface area contributed by atoms with E-state index in [4.69, 9.17) is 0 Å². The third kappa shape index (κ3) is 2.71. The van der Waals surface area contributed by atoms with Gasteiger partial charge in [-0.2, -0.15) is 4.31 Å². The lowest BCUT2D eigenvalue weighted by molar-refractivity contribution is -0.143. The molecule has 1 aromatic rings. The number of carboxylic acid groups (broad SMARTS) is 1. The second-order valence-corrected chi connectivity index (χ2v) is 6.96. The fraction of sp³-hybridized carbons (Fsp3) is 0.667. The minimum Gasteiger partial charge on any atom is -0.480 e. The number of piperidine rings is 1. The van der Waals surface area contributed by atoms with Crippen LogP contribution < -0.4 is 0 Å². The van der Waals surface area contributed by atoms with Crippen LogP contribution in [-0.4, -0.2) is 46.4 Å². The van der Waals surface area contributed by atoms with Gasteiger partial charge in [0.15, 0.2) is 5.03 Å². The molecule has 2 N–H and O–H groups in total. The summed E-state index contributed by atoms with van der Waals surface area (Å²) in [5.74, 6) is -0.354. The predicted octanol–water partition coefficient (Wildman–Crippen LogP) is 0.982. The molecule has 0 amide bonds. The van der Waals surface area contributed by atoms with E-state index < -0.39 is 22.0 Å². The zero-order valence-corrected chi connectivity index (χ0v) is 12.4. The minimum absolute atomic E-state index is 0.0452. The molecule has 0 bridgehead atoms. The van der Waals surface area contributed by atoms with Gasteiger partial charge in [-0.15, -0.1) is 0 Å². The quantitative estimate of drug-likeness (QED) is 0.863. The maximum absolute atomic E-state index is 12.5. The van der Waals surface area contributed by atoms with Crippen molar-refractivity contribution in [2.75, 3.05) is 6.54 Å². The van der Waals surface area contributed by atoms with Crippen LogP contribution in [0.1, 0.15) is 32.0 Å². The second-order valence-electron chi connectivity index (χ2n) is 5.10. The normalized spacial score (nSPS) is 24.7. The van der Waals surface area contributed by atoms with Gasteiger partial charge in [0.25, 0.3) is 10.0 Å². The third-order valence-corrected chi connectivity index (χ3v) is 5.61. The van der Waals surface area contributed by atoms with Crippen molar-refractivity contribution in [2.45, 2.75) is 44.2 Å². The van der Waals surface area contributed by atoms with E-state index in [1.807, 2.05) is 6.92 Å². The highest BCUT2D eigenvalue weighted by Gasteiger charge is 2.40. The summed E-state index contributed by atoms with van der Waals surface area (Å²) in [5.41, 5.74) is 0. The van der Waals surface area contributed by atoms with Crippen molar-refractivity contribution in [3.05, 3.63) is 12.0 Å². The topological polar surface area (TPSA) is 103 Å². The Hall–Kier alpha value is -1.41. The monoisotopic (exact) mass is 301 g/mol. The van der Waals surface area contributed by atoms with Crippen LogP contribution in [-0.2, 0) is 14.8 Å². The van der Waals surface area contributed by atoms with Gasteiger partial charge in [-0.05, 0) is 25.7 Å². The van der Waals surface area contributed by atoms with Gasteiger partial charge < -0.3 is 10.1 Å². The Labute approximate surface area is 118 Å². The second kappa shape index (κ2) is 5.53. The lowest BCUT2D eigenvalue weighted by Gasteiger charge is -2.35. The highest BCUT2D eigenvalue weighted by Crippen LogP contribution is 2.29. The van der Waals surface area contributed by atoms with Crippen molar-refractivity contribution in [3.63, 3.8) is 0 Å². The molecule has 2 atom stereocenters. The number of imidazole rings is 1. The molecule has 2 unspecified atom stereocenters. The van der Waals surface area contributed by atoms with E-state index in [1.54, 1.807) is 6.92 Å². The van der Waals surface area contributed by atoms with Crippen LogP contribution in [0.4, 0.5) is 0 Å². The predicted molar refractivity (Wildman–Crippen MR) is 71.7 cm³/mol. The van der Waals surface area contributed by atoms with Gasteiger partial charge in [0.05, 0.1) is 6.20 Å². The highest BCUT2D eigenvalue weighted by atomic mass is 32.2. The van der Waals surface area contributed by atoms with E-state index in [0.717, 1.165) is 10.7 Å². The van der Waals surface area contributed by atoms with E-state index >= 15 is 0 Å². The maximum atomic E-state index is 12.5. The third-order valence-electron chi connectivity index (χ3n) is 3.79. The van der Waals surface area contributed by atoms with Crippen LogP contribution in [0.2, 0.25) is 0 Å². The average molecular weight is 301 g/mol. The molecule has 0 aliphatic carbocycles. The summed E-state index contributed by atoms with van der Waals surface area (Å²) in [7, 11) is -3.83. The number of H-pyrrole nitrogens is 1. The zero-order valence-electron chi connectivity index (χ0n) is 11.5. The Morgan fingerprint density at radius 3 is 2.80 bits per heavy atom. The first-order valence-corrected chi connectivity index (χ1v) is 8.06. The molecular formula is C12H19N3O4S. The number of sulfonamides is 1. The highest BCUT2D eigenvalue weighted by molar-refractivity contribution is 7.89. The Kier molecular flexibility index (Phi) is 4.14. The average Bonchev–Trinajstić information content (AvgIpc) is 2.85. The molecule has 1 saturated heterocycles. The van der Waals surface area contributed by atoms with E-state index in [2.05, 4.69) is 9.97 Å². The number of hydrogen-bond donors (Lipinski definition) is 2. The van der Waals surface area contributed by atoms with E-state index in [9.17, 15) is 18.3 Å². The van der Waals surface area contributed by atoms with Crippen LogP contribution >= 0.6 is 0 Å². The number of hydrogen-bond acceptors (Lipinski definition) is 4. The number of aromatic nitrogens is 2.